The molecule has 0 unspecified atom stereocenters. The van der Waals surface area contributed by atoms with E-state index in [1.54, 1.807) is 18.2 Å². The lowest BCUT2D eigenvalue weighted by atomic mass is 10.1. The summed E-state index contributed by atoms with van der Waals surface area (Å²) in [5.41, 5.74) is 6.10. The van der Waals surface area contributed by atoms with Gasteiger partial charge < -0.3 is 18.9 Å². The molecular weight excluding hydrogens is 376 g/mol. The van der Waals surface area contributed by atoms with E-state index < -0.39 is 11.8 Å². The number of carbonyl (C=O) groups excluding carboxylic acids is 2. The molecule has 0 aliphatic carbocycles. The number of benzene rings is 2. The van der Waals surface area contributed by atoms with Crippen molar-refractivity contribution in [1.29, 1.82) is 0 Å². The predicted molar refractivity (Wildman–Crippen MR) is 108 cm³/mol. The van der Waals surface area contributed by atoms with Crippen LogP contribution in [0.15, 0.2) is 42.5 Å². The van der Waals surface area contributed by atoms with E-state index in [-0.39, 0.29) is 6.61 Å². The molecule has 8 heteroatoms. The Morgan fingerprint density at radius 2 is 1.55 bits per heavy atom. The Morgan fingerprint density at radius 3 is 2.21 bits per heavy atom. The van der Waals surface area contributed by atoms with Crippen molar-refractivity contribution in [2.75, 3.05) is 27.9 Å². The number of hydrazine groups is 1. The minimum Gasteiger partial charge on any atom is -0.496 e. The van der Waals surface area contributed by atoms with Crippen LogP contribution in [0.3, 0.4) is 0 Å². The number of carbonyl (C=O) groups is 2. The summed E-state index contributed by atoms with van der Waals surface area (Å²) in [4.78, 5) is 23.8. The lowest BCUT2D eigenvalue weighted by Gasteiger charge is -2.12. The number of ether oxygens (including phenoxy) is 4. The van der Waals surface area contributed by atoms with E-state index in [4.69, 9.17) is 18.9 Å². The predicted octanol–water partition coefficient (Wildman–Crippen LogP) is 2.26. The normalized spacial score (nSPS) is 10.3. The highest BCUT2D eigenvalue weighted by Gasteiger charge is 2.10. The van der Waals surface area contributed by atoms with E-state index in [0.29, 0.717) is 28.6 Å². The molecule has 8 nitrogen and oxygen atoms in total. The van der Waals surface area contributed by atoms with Gasteiger partial charge in [-0.1, -0.05) is 18.2 Å². The first kappa shape index (κ1) is 21.6. The smallest absolute Gasteiger partial charge is 0.276 e. The van der Waals surface area contributed by atoms with Crippen LogP contribution in [-0.2, 0) is 9.59 Å². The third kappa shape index (κ3) is 6.17. The average molecular weight is 400 g/mol. The summed E-state index contributed by atoms with van der Waals surface area (Å²) in [6.07, 6.45) is 2.79. The Labute approximate surface area is 169 Å². The van der Waals surface area contributed by atoms with Gasteiger partial charge in [0.2, 0.25) is 0 Å². The van der Waals surface area contributed by atoms with Gasteiger partial charge in [0, 0.05) is 17.7 Å². The van der Waals surface area contributed by atoms with Crippen LogP contribution >= 0.6 is 0 Å². The van der Waals surface area contributed by atoms with Crippen LogP contribution in [0.5, 0.6) is 23.0 Å². The van der Waals surface area contributed by atoms with Gasteiger partial charge >= 0.3 is 0 Å². The van der Waals surface area contributed by atoms with Gasteiger partial charge in [-0.2, -0.15) is 0 Å². The zero-order valence-electron chi connectivity index (χ0n) is 16.8. The lowest BCUT2D eigenvalue weighted by Crippen LogP contribution is -2.43. The standard InChI is InChI=1S/C21H24N2O6/c1-14-7-5-6-8-16(14)29-13-21(25)23-22-20(24)10-9-15-11-18(27-3)19(28-4)12-17(15)26-2/h5-12H,13H2,1-4H3,(H,22,24)(H,23,25)/b10-9+. The summed E-state index contributed by atoms with van der Waals surface area (Å²) >= 11 is 0. The molecule has 0 spiro atoms. The molecule has 0 bridgehead atoms. The highest BCUT2D eigenvalue weighted by atomic mass is 16.5. The maximum Gasteiger partial charge on any atom is 0.276 e. The van der Waals surface area contributed by atoms with Gasteiger partial charge in [-0.3, -0.25) is 20.4 Å². The van der Waals surface area contributed by atoms with Crippen molar-refractivity contribution in [3.63, 3.8) is 0 Å². The van der Waals surface area contributed by atoms with E-state index in [2.05, 4.69) is 10.9 Å². The average Bonchev–Trinajstić information content (AvgIpc) is 2.74. The van der Waals surface area contributed by atoms with Crippen LogP contribution in [0.4, 0.5) is 0 Å². The first-order valence-corrected chi connectivity index (χ1v) is 8.73. The Morgan fingerprint density at radius 1 is 0.897 bits per heavy atom. The first-order chi connectivity index (χ1) is 14.0. The molecule has 2 aromatic carbocycles. The van der Waals surface area contributed by atoms with Crippen LogP contribution in [-0.4, -0.2) is 39.8 Å². The van der Waals surface area contributed by atoms with E-state index >= 15 is 0 Å². The van der Waals surface area contributed by atoms with Gasteiger partial charge in [-0.05, 0) is 30.7 Å². The molecule has 0 radical (unpaired) electrons. The maximum absolute atomic E-state index is 12.0. The molecule has 0 aliphatic rings. The second-order valence-corrected chi connectivity index (χ2v) is 5.87. The number of aryl methyl sites for hydroxylation is 1. The van der Waals surface area contributed by atoms with Gasteiger partial charge in [0.25, 0.3) is 11.8 Å². The Hall–Kier alpha value is -3.68. The van der Waals surface area contributed by atoms with Crippen LogP contribution in [0.1, 0.15) is 11.1 Å². The van der Waals surface area contributed by atoms with Crippen LogP contribution < -0.4 is 29.8 Å². The summed E-state index contributed by atoms with van der Waals surface area (Å²) in [7, 11) is 4.54. The molecule has 2 aromatic rings. The van der Waals surface area contributed by atoms with Crippen molar-refractivity contribution in [3.05, 3.63) is 53.6 Å². The zero-order chi connectivity index (χ0) is 21.2. The summed E-state index contributed by atoms with van der Waals surface area (Å²) in [6, 6.07) is 10.7. The largest absolute Gasteiger partial charge is 0.496 e. The number of nitrogens with one attached hydrogen (secondary N) is 2. The van der Waals surface area contributed by atoms with Crippen LogP contribution in [0.25, 0.3) is 6.08 Å². The molecule has 0 aliphatic heterocycles. The molecule has 0 saturated carbocycles. The number of hydrogen-bond donors (Lipinski definition) is 2. The second kappa shape index (κ2) is 10.6. The number of amides is 2. The first-order valence-electron chi connectivity index (χ1n) is 8.73. The highest BCUT2D eigenvalue weighted by molar-refractivity contribution is 5.93. The summed E-state index contributed by atoms with van der Waals surface area (Å²) < 4.78 is 21.2. The summed E-state index contributed by atoms with van der Waals surface area (Å²) in [5, 5.41) is 0. The monoisotopic (exact) mass is 400 g/mol. The minimum absolute atomic E-state index is 0.224. The van der Waals surface area contributed by atoms with Crippen molar-refractivity contribution < 1.29 is 28.5 Å². The molecule has 0 atom stereocenters. The SMILES string of the molecule is COc1cc(OC)c(OC)cc1/C=C/C(=O)NNC(=O)COc1ccccc1C. The Kier molecular flexibility index (Phi) is 7.90. The fourth-order valence-corrected chi connectivity index (χ4v) is 2.42. The number of para-hydroxylation sites is 1. The molecule has 0 saturated heterocycles. The molecule has 2 N–H and O–H groups in total. The summed E-state index contributed by atoms with van der Waals surface area (Å²) in [6.45, 7) is 1.65. The van der Waals surface area contributed by atoms with Gasteiger partial charge in [0.15, 0.2) is 18.1 Å². The molecule has 2 rings (SSSR count). The molecular formula is C21H24N2O6. The third-order valence-electron chi connectivity index (χ3n) is 3.93. The fourth-order valence-electron chi connectivity index (χ4n) is 2.42. The Balaban J connectivity index is 1.91. The third-order valence-corrected chi connectivity index (χ3v) is 3.93. The maximum atomic E-state index is 12.0. The molecule has 154 valence electrons. The van der Waals surface area contributed by atoms with Crippen LogP contribution in [0.2, 0.25) is 0 Å². The van der Waals surface area contributed by atoms with Gasteiger partial charge in [0.05, 0.1) is 21.3 Å². The van der Waals surface area contributed by atoms with Crippen molar-refractivity contribution in [2.24, 2.45) is 0 Å². The highest BCUT2D eigenvalue weighted by Crippen LogP contribution is 2.35. The molecule has 0 heterocycles. The van der Waals surface area contributed by atoms with Crippen molar-refractivity contribution in [2.45, 2.75) is 6.92 Å². The van der Waals surface area contributed by atoms with Crippen LogP contribution in [0, 0.1) is 6.92 Å². The molecule has 2 amide bonds. The fraction of sp³-hybridized carbons (Fsp3) is 0.238. The van der Waals surface area contributed by atoms with Crippen molar-refractivity contribution in [1.82, 2.24) is 10.9 Å². The van der Waals surface area contributed by atoms with E-state index in [1.807, 2.05) is 25.1 Å². The van der Waals surface area contributed by atoms with Gasteiger partial charge in [-0.25, -0.2) is 0 Å². The topological polar surface area (TPSA) is 95.1 Å². The van der Waals surface area contributed by atoms with Gasteiger partial charge in [-0.15, -0.1) is 0 Å². The number of hydrogen-bond acceptors (Lipinski definition) is 6. The van der Waals surface area contributed by atoms with Gasteiger partial charge in [0.1, 0.15) is 11.5 Å². The molecule has 0 fully saturated rings. The lowest BCUT2D eigenvalue weighted by molar-refractivity contribution is -0.128. The number of methoxy groups -OCH3 is 3. The molecule has 0 aromatic heterocycles. The second-order valence-electron chi connectivity index (χ2n) is 5.87. The van der Waals surface area contributed by atoms with Crippen molar-refractivity contribution in [3.8, 4) is 23.0 Å². The zero-order valence-corrected chi connectivity index (χ0v) is 16.8. The Bertz CT molecular complexity index is 895. The summed E-state index contributed by atoms with van der Waals surface area (Å²) in [5.74, 6) is 1.10. The van der Waals surface area contributed by atoms with E-state index in [1.165, 1.54) is 33.5 Å². The van der Waals surface area contributed by atoms with E-state index in [9.17, 15) is 9.59 Å². The minimum atomic E-state index is -0.522. The van der Waals surface area contributed by atoms with Crippen molar-refractivity contribution >= 4 is 17.9 Å². The van der Waals surface area contributed by atoms with E-state index in [0.717, 1.165) is 5.56 Å². The molecule has 29 heavy (non-hydrogen) atoms. The quantitative estimate of drug-likeness (QED) is 0.521. The number of rotatable bonds is 8.